The topological polar surface area (TPSA) is 77.2 Å². The van der Waals surface area contributed by atoms with E-state index in [9.17, 15) is 14.9 Å². The molecule has 0 spiro atoms. The molecule has 0 amide bonds. The van der Waals surface area contributed by atoms with Crippen LogP contribution < -0.4 is 10.9 Å². The molecule has 0 saturated carbocycles. The lowest BCUT2D eigenvalue weighted by atomic mass is 10.1. The second kappa shape index (κ2) is 5.30. The van der Waals surface area contributed by atoms with Gasteiger partial charge in [-0.2, -0.15) is 0 Å². The molecule has 0 aliphatic carbocycles. The van der Waals surface area contributed by atoms with Crippen molar-refractivity contribution in [2.45, 2.75) is 39.8 Å². The van der Waals surface area contributed by atoms with Gasteiger partial charge in [0.05, 0.1) is 11.1 Å². The Balaban J connectivity index is 2.86. The van der Waals surface area contributed by atoms with Gasteiger partial charge in [0.25, 0.3) is 11.2 Å². The van der Waals surface area contributed by atoms with E-state index in [-0.39, 0.29) is 16.8 Å². The average molecular weight is 253 g/mol. The molecular formula is C12H19N3O3. The van der Waals surface area contributed by atoms with E-state index in [2.05, 4.69) is 5.32 Å². The third-order valence-electron chi connectivity index (χ3n) is 2.51. The van der Waals surface area contributed by atoms with Gasteiger partial charge in [-0.3, -0.25) is 14.9 Å². The summed E-state index contributed by atoms with van der Waals surface area (Å²) in [7, 11) is 0. The van der Waals surface area contributed by atoms with Crippen molar-refractivity contribution in [1.29, 1.82) is 0 Å². The molecule has 0 bridgehead atoms. The van der Waals surface area contributed by atoms with Gasteiger partial charge in [0.2, 0.25) is 0 Å². The molecule has 0 aliphatic rings. The molecule has 1 heterocycles. The normalized spacial score (nSPS) is 11.6. The molecule has 1 N–H and O–H groups in total. The summed E-state index contributed by atoms with van der Waals surface area (Å²) in [6.45, 7) is 8.63. The molecule has 100 valence electrons. The van der Waals surface area contributed by atoms with Gasteiger partial charge in [-0.15, -0.1) is 0 Å². The minimum absolute atomic E-state index is 0.0228. The number of aryl methyl sites for hydroxylation is 1. The number of aromatic nitrogens is 1. The summed E-state index contributed by atoms with van der Waals surface area (Å²) in [5, 5.41) is 14.0. The van der Waals surface area contributed by atoms with Crippen LogP contribution in [0.1, 0.15) is 26.3 Å². The van der Waals surface area contributed by atoms with Crippen molar-refractivity contribution < 1.29 is 4.92 Å². The second-order valence-corrected chi connectivity index (χ2v) is 5.31. The van der Waals surface area contributed by atoms with E-state index in [0.29, 0.717) is 18.7 Å². The van der Waals surface area contributed by atoms with Crippen LogP contribution in [0.2, 0.25) is 0 Å². The highest BCUT2D eigenvalue weighted by atomic mass is 16.6. The van der Waals surface area contributed by atoms with Gasteiger partial charge < -0.3 is 9.88 Å². The Morgan fingerprint density at radius 1 is 1.44 bits per heavy atom. The van der Waals surface area contributed by atoms with Crippen LogP contribution in [0.4, 0.5) is 5.69 Å². The molecule has 1 aromatic rings. The highest BCUT2D eigenvalue weighted by molar-refractivity contribution is 5.35. The van der Waals surface area contributed by atoms with Crippen LogP contribution in [-0.2, 0) is 6.54 Å². The summed E-state index contributed by atoms with van der Waals surface area (Å²) >= 11 is 0. The van der Waals surface area contributed by atoms with Crippen molar-refractivity contribution in [3.8, 4) is 0 Å². The number of nitro groups is 1. The third-order valence-corrected chi connectivity index (χ3v) is 2.51. The Labute approximate surface area is 106 Å². The zero-order chi connectivity index (χ0) is 13.9. The van der Waals surface area contributed by atoms with Gasteiger partial charge >= 0.3 is 0 Å². The molecule has 0 aliphatic heterocycles. The van der Waals surface area contributed by atoms with Crippen LogP contribution in [0.15, 0.2) is 17.1 Å². The maximum absolute atomic E-state index is 11.7. The van der Waals surface area contributed by atoms with Gasteiger partial charge in [-0.05, 0) is 27.7 Å². The Kier molecular flexibility index (Phi) is 4.24. The van der Waals surface area contributed by atoms with E-state index in [4.69, 9.17) is 0 Å². The molecule has 0 fully saturated rings. The van der Waals surface area contributed by atoms with Crippen LogP contribution in [-0.4, -0.2) is 21.6 Å². The summed E-state index contributed by atoms with van der Waals surface area (Å²) in [4.78, 5) is 22.0. The van der Waals surface area contributed by atoms with Crippen molar-refractivity contribution in [2.75, 3.05) is 6.54 Å². The molecular weight excluding hydrogens is 234 g/mol. The summed E-state index contributed by atoms with van der Waals surface area (Å²) in [6.07, 6.45) is 1.31. The Morgan fingerprint density at radius 3 is 2.56 bits per heavy atom. The molecule has 0 saturated heterocycles. The SMILES string of the molecule is Cc1cc(=O)n(CCNC(C)(C)C)cc1[N+](=O)[O-]. The van der Waals surface area contributed by atoms with E-state index in [1.807, 2.05) is 20.8 Å². The summed E-state index contributed by atoms with van der Waals surface area (Å²) < 4.78 is 1.36. The van der Waals surface area contributed by atoms with E-state index in [1.165, 1.54) is 16.8 Å². The maximum Gasteiger partial charge on any atom is 0.288 e. The second-order valence-electron chi connectivity index (χ2n) is 5.31. The molecule has 1 rings (SSSR count). The molecule has 1 aromatic heterocycles. The van der Waals surface area contributed by atoms with Gasteiger partial charge in [-0.25, -0.2) is 0 Å². The Morgan fingerprint density at radius 2 is 2.06 bits per heavy atom. The van der Waals surface area contributed by atoms with Crippen LogP contribution in [0.5, 0.6) is 0 Å². The number of pyridine rings is 1. The van der Waals surface area contributed by atoms with Gasteiger partial charge in [0, 0.05) is 30.3 Å². The molecule has 0 aromatic carbocycles. The highest BCUT2D eigenvalue weighted by Crippen LogP contribution is 2.13. The summed E-state index contributed by atoms with van der Waals surface area (Å²) in [5.41, 5.74) is 0.115. The number of hydrogen-bond donors (Lipinski definition) is 1. The fourth-order valence-electron chi connectivity index (χ4n) is 1.57. The van der Waals surface area contributed by atoms with Crippen molar-refractivity contribution in [3.05, 3.63) is 38.3 Å². The predicted octanol–water partition coefficient (Wildman–Crippen LogP) is 1.45. The monoisotopic (exact) mass is 253 g/mol. The quantitative estimate of drug-likeness (QED) is 0.651. The number of nitrogens with zero attached hydrogens (tertiary/aromatic N) is 2. The van der Waals surface area contributed by atoms with Crippen molar-refractivity contribution in [3.63, 3.8) is 0 Å². The van der Waals surface area contributed by atoms with Gasteiger partial charge in [0.15, 0.2) is 0 Å². The lowest BCUT2D eigenvalue weighted by Gasteiger charge is -2.20. The average Bonchev–Trinajstić information content (AvgIpc) is 2.18. The third kappa shape index (κ3) is 3.96. The first-order valence-electron chi connectivity index (χ1n) is 5.81. The van der Waals surface area contributed by atoms with Crippen LogP contribution in [0.25, 0.3) is 0 Å². The van der Waals surface area contributed by atoms with E-state index in [0.717, 1.165) is 0 Å². The first-order valence-corrected chi connectivity index (χ1v) is 5.81. The largest absolute Gasteiger partial charge is 0.310 e. The zero-order valence-electron chi connectivity index (χ0n) is 11.2. The van der Waals surface area contributed by atoms with Crippen molar-refractivity contribution >= 4 is 5.69 Å². The van der Waals surface area contributed by atoms with Gasteiger partial charge in [0.1, 0.15) is 0 Å². The lowest BCUT2D eigenvalue weighted by molar-refractivity contribution is -0.385. The number of hydrogen-bond acceptors (Lipinski definition) is 4. The zero-order valence-corrected chi connectivity index (χ0v) is 11.2. The van der Waals surface area contributed by atoms with E-state index < -0.39 is 4.92 Å². The molecule has 0 radical (unpaired) electrons. The van der Waals surface area contributed by atoms with Crippen LogP contribution in [0, 0.1) is 17.0 Å². The maximum atomic E-state index is 11.7. The molecule has 6 heteroatoms. The Hall–Kier alpha value is -1.69. The fraction of sp³-hybridized carbons (Fsp3) is 0.583. The minimum Gasteiger partial charge on any atom is -0.310 e. The fourth-order valence-corrected chi connectivity index (χ4v) is 1.57. The summed E-state index contributed by atoms with van der Waals surface area (Å²) in [6, 6.07) is 1.30. The minimum atomic E-state index is -0.470. The lowest BCUT2D eigenvalue weighted by Crippen LogP contribution is -2.39. The van der Waals surface area contributed by atoms with Crippen LogP contribution >= 0.6 is 0 Å². The van der Waals surface area contributed by atoms with E-state index in [1.54, 1.807) is 6.92 Å². The standard InChI is InChI=1S/C12H19N3O3/c1-9-7-11(16)14(8-10(9)15(17)18)6-5-13-12(2,3)4/h7-8,13H,5-6H2,1-4H3. The molecule has 0 unspecified atom stereocenters. The number of nitrogens with one attached hydrogen (secondary N) is 1. The first kappa shape index (κ1) is 14.4. The van der Waals surface area contributed by atoms with Gasteiger partial charge in [-0.1, -0.05) is 0 Å². The van der Waals surface area contributed by atoms with Crippen molar-refractivity contribution in [1.82, 2.24) is 9.88 Å². The first-order chi connectivity index (χ1) is 8.20. The van der Waals surface area contributed by atoms with Crippen LogP contribution in [0.3, 0.4) is 0 Å². The smallest absolute Gasteiger partial charge is 0.288 e. The summed E-state index contributed by atoms with van der Waals surface area (Å²) in [5.74, 6) is 0. The Bertz CT molecular complexity index is 500. The molecule has 6 nitrogen and oxygen atoms in total. The highest BCUT2D eigenvalue weighted by Gasteiger charge is 2.13. The number of rotatable bonds is 4. The van der Waals surface area contributed by atoms with Crippen molar-refractivity contribution in [2.24, 2.45) is 0 Å². The molecule has 18 heavy (non-hydrogen) atoms. The van der Waals surface area contributed by atoms with E-state index >= 15 is 0 Å². The molecule has 0 atom stereocenters. The predicted molar refractivity (Wildman–Crippen MR) is 69.8 cm³/mol.